The van der Waals surface area contributed by atoms with E-state index in [1.807, 2.05) is 77.5 Å². The average Bonchev–Trinajstić information content (AvgIpc) is 2.88. The predicted molar refractivity (Wildman–Crippen MR) is 114 cm³/mol. The van der Waals surface area contributed by atoms with Crippen LogP contribution in [0.1, 0.15) is 43.9 Å². The van der Waals surface area contributed by atoms with Crippen molar-refractivity contribution in [2.45, 2.75) is 44.7 Å². The van der Waals surface area contributed by atoms with Gasteiger partial charge in [-0.2, -0.15) is 0 Å². The lowest BCUT2D eigenvalue weighted by Crippen LogP contribution is -2.42. The van der Waals surface area contributed by atoms with Crippen molar-refractivity contribution in [3.05, 3.63) is 82.9 Å². The van der Waals surface area contributed by atoms with Gasteiger partial charge in [0.15, 0.2) is 0 Å². The molecule has 0 aromatic heterocycles. The van der Waals surface area contributed by atoms with E-state index in [4.69, 9.17) is 0 Å². The van der Waals surface area contributed by atoms with Gasteiger partial charge < -0.3 is 9.80 Å². The molecule has 2 aliphatic heterocycles. The Morgan fingerprint density at radius 3 is 2.31 bits per heavy atom. The summed E-state index contributed by atoms with van der Waals surface area (Å²) in [6.07, 6.45) is 2.06. The van der Waals surface area contributed by atoms with Crippen molar-refractivity contribution in [1.29, 1.82) is 0 Å². The van der Waals surface area contributed by atoms with Gasteiger partial charge in [0.05, 0.1) is 18.0 Å². The molecule has 0 fully saturated rings. The summed E-state index contributed by atoms with van der Waals surface area (Å²) in [5.74, 6) is 0.109. The smallest absolute Gasteiger partial charge is 0.252 e. The van der Waals surface area contributed by atoms with Gasteiger partial charge in [0, 0.05) is 19.2 Å². The predicted octanol–water partition coefficient (Wildman–Crippen LogP) is 4.14. The SMILES string of the molecule is CN1C(=O)C2=C(CCCN(C(=O)Cc3ccccc3)C2c2ccccc2)C1(C)C. The zero-order valence-electron chi connectivity index (χ0n) is 17.4. The molecule has 0 spiro atoms. The van der Waals surface area contributed by atoms with Crippen LogP contribution in [0.25, 0.3) is 0 Å². The molecule has 2 amide bonds. The summed E-state index contributed by atoms with van der Waals surface area (Å²) < 4.78 is 0. The summed E-state index contributed by atoms with van der Waals surface area (Å²) in [5.41, 5.74) is 3.65. The fourth-order valence-electron chi connectivity index (χ4n) is 4.65. The number of hydrogen-bond donors (Lipinski definition) is 0. The molecule has 4 rings (SSSR count). The fourth-order valence-corrected chi connectivity index (χ4v) is 4.65. The first-order valence-corrected chi connectivity index (χ1v) is 10.3. The lowest BCUT2D eigenvalue weighted by atomic mass is 9.87. The molecule has 0 N–H and O–H groups in total. The molecule has 4 heteroatoms. The molecule has 0 bridgehead atoms. The maximum Gasteiger partial charge on any atom is 0.252 e. The van der Waals surface area contributed by atoms with Crippen LogP contribution in [0.3, 0.4) is 0 Å². The monoisotopic (exact) mass is 388 g/mol. The maximum atomic E-state index is 13.4. The minimum Gasteiger partial charge on any atom is -0.333 e. The molecule has 0 saturated heterocycles. The number of hydrogen-bond acceptors (Lipinski definition) is 2. The van der Waals surface area contributed by atoms with Gasteiger partial charge in [0.25, 0.3) is 5.91 Å². The summed E-state index contributed by atoms with van der Waals surface area (Å²) in [5, 5.41) is 0. The zero-order valence-corrected chi connectivity index (χ0v) is 17.4. The minimum absolute atomic E-state index is 0.0401. The third-order valence-corrected chi connectivity index (χ3v) is 6.48. The van der Waals surface area contributed by atoms with Crippen LogP contribution in [-0.4, -0.2) is 40.7 Å². The number of amides is 2. The molecule has 4 nitrogen and oxygen atoms in total. The molecule has 2 aromatic carbocycles. The van der Waals surface area contributed by atoms with E-state index in [1.165, 1.54) is 5.57 Å². The molecule has 0 aliphatic carbocycles. The van der Waals surface area contributed by atoms with Crippen LogP contribution in [0.4, 0.5) is 0 Å². The Morgan fingerprint density at radius 2 is 1.66 bits per heavy atom. The minimum atomic E-state index is -0.332. The Bertz CT molecular complexity index is 947. The van der Waals surface area contributed by atoms with E-state index >= 15 is 0 Å². The highest BCUT2D eigenvalue weighted by atomic mass is 16.2. The standard InChI is InChI=1S/C25H28N2O2/c1-25(2)20-15-10-16-27(21(28)17-18-11-6-4-7-12-18)23(19-13-8-5-9-14-19)22(20)24(29)26(25)3/h4-9,11-14,23H,10,15-17H2,1-3H3. The number of carbonyl (C=O) groups is 2. The Balaban J connectivity index is 1.79. The molecule has 29 heavy (non-hydrogen) atoms. The Hall–Kier alpha value is -2.88. The van der Waals surface area contributed by atoms with Crippen LogP contribution in [-0.2, 0) is 16.0 Å². The van der Waals surface area contributed by atoms with Crippen molar-refractivity contribution < 1.29 is 9.59 Å². The summed E-state index contributed by atoms with van der Waals surface area (Å²) in [7, 11) is 1.87. The van der Waals surface area contributed by atoms with Gasteiger partial charge in [-0.1, -0.05) is 60.7 Å². The third-order valence-electron chi connectivity index (χ3n) is 6.48. The van der Waals surface area contributed by atoms with Crippen molar-refractivity contribution in [3.8, 4) is 0 Å². The van der Waals surface area contributed by atoms with Crippen LogP contribution in [0.15, 0.2) is 71.8 Å². The van der Waals surface area contributed by atoms with Gasteiger partial charge in [-0.25, -0.2) is 0 Å². The first-order valence-electron chi connectivity index (χ1n) is 10.3. The number of carbonyl (C=O) groups excluding carboxylic acids is 2. The van der Waals surface area contributed by atoms with Crippen molar-refractivity contribution in [3.63, 3.8) is 0 Å². The topological polar surface area (TPSA) is 40.6 Å². The van der Waals surface area contributed by atoms with Crippen LogP contribution in [0.5, 0.6) is 0 Å². The molecular weight excluding hydrogens is 360 g/mol. The number of nitrogens with zero attached hydrogens (tertiary/aromatic N) is 2. The van der Waals surface area contributed by atoms with E-state index in [1.54, 1.807) is 0 Å². The molecule has 1 unspecified atom stereocenters. The summed E-state index contributed by atoms with van der Waals surface area (Å²) in [6.45, 7) is 4.87. The summed E-state index contributed by atoms with van der Waals surface area (Å²) in [4.78, 5) is 30.5. The third kappa shape index (κ3) is 3.37. The molecule has 150 valence electrons. The fraction of sp³-hybridized carbons (Fsp3) is 0.360. The van der Waals surface area contributed by atoms with Gasteiger partial charge in [-0.15, -0.1) is 0 Å². The lowest BCUT2D eigenvalue weighted by Gasteiger charge is -2.33. The van der Waals surface area contributed by atoms with E-state index in [2.05, 4.69) is 13.8 Å². The second-order valence-electron chi connectivity index (χ2n) is 8.48. The van der Waals surface area contributed by atoms with Crippen LogP contribution in [0, 0.1) is 0 Å². The van der Waals surface area contributed by atoms with Crippen LogP contribution in [0.2, 0.25) is 0 Å². The maximum absolute atomic E-state index is 13.4. The molecule has 2 aliphatic rings. The molecule has 0 radical (unpaired) electrons. The second-order valence-corrected chi connectivity index (χ2v) is 8.48. The normalized spacial score (nSPS) is 21.2. The summed E-state index contributed by atoms with van der Waals surface area (Å²) >= 11 is 0. The van der Waals surface area contributed by atoms with Crippen molar-refractivity contribution >= 4 is 11.8 Å². The van der Waals surface area contributed by atoms with Crippen molar-refractivity contribution in [2.75, 3.05) is 13.6 Å². The highest BCUT2D eigenvalue weighted by Gasteiger charge is 2.48. The Morgan fingerprint density at radius 1 is 1.03 bits per heavy atom. The van der Waals surface area contributed by atoms with E-state index in [0.717, 1.165) is 29.5 Å². The highest BCUT2D eigenvalue weighted by molar-refractivity contribution is 6.00. The van der Waals surface area contributed by atoms with E-state index in [-0.39, 0.29) is 23.4 Å². The first-order chi connectivity index (χ1) is 13.9. The first kappa shape index (κ1) is 19.4. The average molecular weight is 389 g/mol. The largest absolute Gasteiger partial charge is 0.333 e. The van der Waals surface area contributed by atoms with Gasteiger partial charge in [0.2, 0.25) is 5.91 Å². The number of rotatable bonds is 3. The number of benzene rings is 2. The zero-order chi connectivity index (χ0) is 20.6. The Labute approximate surface area is 172 Å². The van der Waals surface area contributed by atoms with E-state index in [0.29, 0.717) is 13.0 Å². The van der Waals surface area contributed by atoms with Gasteiger partial charge in [-0.05, 0) is 43.4 Å². The Kier molecular flexibility index (Phi) is 5.03. The molecular formula is C25H28N2O2. The van der Waals surface area contributed by atoms with Gasteiger partial charge in [0.1, 0.15) is 0 Å². The second kappa shape index (κ2) is 7.51. The van der Waals surface area contributed by atoms with E-state index < -0.39 is 0 Å². The molecule has 2 aromatic rings. The lowest BCUT2D eigenvalue weighted by molar-refractivity contribution is -0.133. The van der Waals surface area contributed by atoms with Crippen molar-refractivity contribution in [2.24, 2.45) is 0 Å². The van der Waals surface area contributed by atoms with Gasteiger partial charge in [-0.3, -0.25) is 9.59 Å². The highest BCUT2D eigenvalue weighted by Crippen LogP contribution is 2.46. The van der Waals surface area contributed by atoms with Crippen LogP contribution >= 0.6 is 0 Å². The number of likely N-dealkylation sites (N-methyl/N-ethyl adjacent to an activating group) is 1. The van der Waals surface area contributed by atoms with Crippen LogP contribution < -0.4 is 0 Å². The molecule has 0 saturated carbocycles. The van der Waals surface area contributed by atoms with Crippen molar-refractivity contribution in [1.82, 2.24) is 9.80 Å². The van der Waals surface area contributed by atoms with E-state index in [9.17, 15) is 9.59 Å². The molecule has 1 atom stereocenters. The summed E-state index contributed by atoms with van der Waals surface area (Å²) in [6, 6.07) is 19.5. The quantitative estimate of drug-likeness (QED) is 0.793. The van der Waals surface area contributed by atoms with Gasteiger partial charge >= 0.3 is 0 Å². The molecule has 2 heterocycles.